The zero-order valence-corrected chi connectivity index (χ0v) is 21.3. The number of hydrogen-bond acceptors (Lipinski definition) is 4. The molecule has 34 heavy (non-hydrogen) atoms. The normalized spacial score (nSPS) is 14.3. The van der Waals surface area contributed by atoms with Gasteiger partial charge in [0, 0.05) is 27.3 Å². The van der Waals surface area contributed by atoms with E-state index >= 15 is 0 Å². The standard InChI is InChI=1S/C26H22BrCl2N3O2/c27-16-10-13-23-31-24(25(32(23)15-16)30-18-6-2-1-3-7-18)20-8-4-5-9-22(20)34-26(33)19-12-11-17(28)14-21(19)29/h4-5,8-15,18,30H,1-3,6-7H2. The van der Waals surface area contributed by atoms with Crippen LogP contribution in [-0.2, 0) is 0 Å². The molecule has 1 fully saturated rings. The lowest BCUT2D eigenvalue weighted by molar-refractivity contribution is 0.0736. The van der Waals surface area contributed by atoms with Gasteiger partial charge in [-0.05, 0) is 71.2 Å². The summed E-state index contributed by atoms with van der Waals surface area (Å²) in [5.41, 5.74) is 2.51. The maximum Gasteiger partial charge on any atom is 0.345 e. The number of fused-ring (bicyclic) bond motifs is 1. The first-order valence-electron chi connectivity index (χ1n) is 11.2. The Labute approximate surface area is 216 Å². The largest absolute Gasteiger partial charge is 0.422 e. The van der Waals surface area contributed by atoms with Gasteiger partial charge in [0.25, 0.3) is 0 Å². The number of nitrogens with zero attached hydrogens (tertiary/aromatic N) is 2. The summed E-state index contributed by atoms with van der Waals surface area (Å²) < 4.78 is 8.81. The van der Waals surface area contributed by atoms with E-state index in [0.29, 0.717) is 16.8 Å². The predicted molar refractivity (Wildman–Crippen MR) is 140 cm³/mol. The summed E-state index contributed by atoms with van der Waals surface area (Å²) in [4.78, 5) is 17.9. The van der Waals surface area contributed by atoms with Crippen LogP contribution in [0.1, 0.15) is 42.5 Å². The molecular weight excluding hydrogens is 537 g/mol. The van der Waals surface area contributed by atoms with Crippen LogP contribution in [0.15, 0.2) is 65.3 Å². The first kappa shape index (κ1) is 23.2. The fourth-order valence-corrected chi connectivity index (χ4v) is 5.17. The highest BCUT2D eigenvalue weighted by Crippen LogP contribution is 2.37. The molecule has 0 saturated heterocycles. The van der Waals surface area contributed by atoms with Gasteiger partial charge in [-0.25, -0.2) is 9.78 Å². The van der Waals surface area contributed by atoms with Gasteiger partial charge >= 0.3 is 5.97 Å². The third kappa shape index (κ3) is 4.81. The van der Waals surface area contributed by atoms with Crippen LogP contribution in [0, 0.1) is 0 Å². The van der Waals surface area contributed by atoms with E-state index in [4.69, 9.17) is 32.9 Å². The van der Waals surface area contributed by atoms with Crippen molar-refractivity contribution in [2.45, 2.75) is 38.1 Å². The topological polar surface area (TPSA) is 55.6 Å². The Morgan fingerprint density at radius 3 is 2.65 bits per heavy atom. The molecule has 0 amide bonds. The van der Waals surface area contributed by atoms with Crippen molar-refractivity contribution in [3.8, 4) is 17.0 Å². The molecule has 5 nitrogen and oxygen atoms in total. The molecule has 8 heteroatoms. The number of rotatable bonds is 5. The summed E-state index contributed by atoms with van der Waals surface area (Å²) in [7, 11) is 0. The van der Waals surface area contributed by atoms with Gasteiger partial charge < -0.3 is 10.1 Å². The van der Waals surface area contributed by atoms with Gasteiger partial charge in [0.05, 0.1) is 10.6 Å². The minimum absolute atomic E-state index is 0.243. The quantitative estimate of drug-likeness (QED) is 0.199. The van der Waals surface area contributed by atoms with Crippen LogP contribution in [0.3, 0.4) is 0 Å². The van der Waals surface area contributed by atoms with E-state index < -0.39 is 5.97 Å². The Bertz CT molecular complexity index is 1370. The van der Waals surface area contributed by atoms with E-state index in [1.807, 2.05) is 40.9 Å². The molecular formula is C26H22BrCl2N3O2. The monoisotopic (exact) mass is 557 g/mol. The molecule has 1 aliphatic carbocycles. The smallest absolute Gasteiger partial charge is 0.345 e. The van der Waals surface area contributed by atoms with E-state index in [9.17, 15) is 4.79 Å². The van der Waals surface area contributed by atoms with Crippen molar-refractivity contribution in [1.29, 1.82) is 0 Å². The van der Waals surface area contributed by atoms with Crippen molar-refractivity contribution in [2.75, 3.05) is 5.32 Å². The van der Waals surface area contributed by atoms with E-state index in [-0.39, 0.29) is 10.6 Å². The zero-order chi connectivity index (χ0) is 23.7. The van der Waals surface area contributed by atoms with Crippen molar-refractivity contribution < 1.29 is 9.53 Å². The molecule has 0 aliphatic heterocycles. The van der Waals surface area contributed by atoms with Crippen molar-refractivity contribution in [3.63, 3.8) is 0 Å². The number of hydrogen-bond donors (Lipinski definition) is 1. The minimum Gasteiger partial charge on any atom is -0.422 e. The van der Waals surface area contributed by atoms with Crippen molar-refractivity contribution >= 4 is 56.6 Å². The van der Waals surface area contributed by atoms with Gasteiger partial charge in [-0.1, -0.05) is 54.6 Å². The van der Waals surface area contributed by atoms with Crippen LogP contribution < -0.4 is 10.1 Å². The van der Waals surface area contributed by atoms with Crippen molar-refractivity contribution in [3.05, 3.63) is 80.9 Å². The second-order valence-corrected chi connectivity index (χ2v) is 10.1. The molecule has 0 radical (unpaired) electrons. The summed E-state index contributed by atoms with van der Waals surface area (Å²) in [5, 5.41) is 4.43. The van der Waals surface area contributed by atoms with Gasteiger partial charge in [-0.15, -0.1) is 0 Å². The summed E-state index contributed by atoms with van der Waals surface area (Å²) >= 11 is 15.8. The first-order chi connectivity index (χ1) is 16.5. The van der Waals surface area contributed by atoms with E-state index in [1.165, 1.54) is 25.3 Å². The van der Waals surface area contributed by atoms with Gasteiger partial charge in [-0.3, -0.25) is 4.40 Å². The van der Waals surface area contributed by atoms with Crippen LogP contribution in [-0.4, -0.2) is 21.4 Å². The average Bonchev–Trinajstić information content (AvgIpc) is 3.17. The molecule has 4 aromatic rings. The van der Waals surface area contributed by atoms with Gasteiger partial charge in [0.15, 0.2) is 0 Å². The average molecular weight is 559 g/mol. The molecule has 5 rings (SSSR count). The highest BCUT2D eigenvalue weighted by molar-refractivity contribution is 9.10. The second-order valence-electron chi connectivity index (χ2n) is 8.37. The minimum atomic E-state index is -0.553. The SMILES string of the molecule is O=C(Oc1ccccc1-c1nc2ccc(Br)cn2c1NC1CCCCC1)c1ccc(Cl)cc1Cl. The molecule has 0 spiro atoms. The molecule has 2 heterocycles. The number of benzene rings is 2. The van der Waals surface area contributed by atoms with Gasteiger partial charge in [-0.2, -0.15) is 0 Å². The molecule has 0 atom stereocenters. The summed E-state index contributed by atoms with van der Waals surface area (Å²) in [6.07, 6.45) is 7.93. The molecule has 2 aromatic carbocycles. The number of aromatic nitrogens is 2. The second kappa shape index (κ2) is 9.98. The Morgan fingerprint density at radius 1 is 1.06 bits per heavy atom. The highest BCUT2D eigenvalue weighted by Gasteiger charge is 2.23. The maximum absolute atomic E-state index is 13.0. The Hall–Kier alpha value is -2.54. The van der Waals surface area contributed by atoms with Crippen LogP contribution >= 0.6 is 39.1 Å². The van der Waals surface area contributed by atoms with Crippen LogP contribution in [0.2, 0.25) is 10.0 Å². The molecule has 174 valence electrons. The molecule has 1 N–H and O–H groups in total. The third-order valence-corrected chi connectivity index (χ3v) is 7.04. The number of anilines is 1. The fourth-order valence-electron chi connectivity index (χ4n) is 4.35. The zero-order valence-electron chi connectivity index (χ0n) is 18.2. The van der Waals surface area contributed by atoms with Crippen molar-refractivity contribution in [2.24, 2.45) is 0 Å². The number of imidazole rings is 1. The molecule has 1 saturated carbocycles. The first-order valence-corrected chi connectivity index (χ1v) is 12.8. The number of pyridine rings is 1. The molecule has 0 bridgehead atoms. The summed E-state index contributed by atoms with van der Waals surface area (Å²) in [6.45, 7) is 0. The Balaban J connectivity index is 1.56. The number of para-hydroxylation sites is 1. The van der Waals surface area contributed by atoms with Crippen LogP contribution in [0.5, 0.6) is 5.75 Å². The van der Waals surface area contributed by atoms with Crippen LogP contribution in [0.4, 0.5) is 5.82 Å². The Kier molecular flexibility index (Phi) is 6.82. The third-order valence-electron chi connectivity index (χ3n) is 6.02. The fraction of sp³-hybridized carbons (Fsp3) is 0.231. The maximum atomic E-state index is 13.0. The van der Waals surface area contributed by atoms with E-state index in [0.717, 1.165) is 40.0 Å². The molecule has 1 aliphatic rings. The van der Waals surface area contributed by atoms with Crippen LogP contribution in [0.25, 0.3) is 16.9 Å². The van der Waals surface area contributed by atoms with E-state index in [2.05, 4.69) is 21.2 Å². The number of halogens is 3. The van der Waals surface area contributed by atoms with Gasteiger partial charge in [0.1, 0.15) is 22.9 Å². The lowest BCUT2D eigenvalue weighted by Crippen LogP contribution is -2.23. The number of esters is 1. The molecule has 0 unspecified atom stereocenters. The Morgan fingerprint density at radius 2 is 1.85 bits per heavy atom. The van der Waals surface area contributed by atoms with Crippen molar-refractivity contribution in [1.82, 2.24) is 9.38 Å². The number of ether oxygens (including phenoxy) is 1. The summed E-state index contributed by atoms with van der Waals surface area (Å²) in [5.74, 6) is 0.742. The lowest BCUT2D eigenvalue weighted by atomic mass is 9.95. The number of carbonyl (C=O) groups is 1. The molecule has 2 aromatic heterocycles. The lowest BCUT2D eigenvalue weighted by Gasteiger charge is -2.24. The predicted octanol–water partition coefficient (Wildman–Crippen LogP) is 8.03. The van der Waals surface area contributed by atoms with E-state index in [1.54, 1.807) is 18.2 Å². The summed E-state index contributed by atoms with van der Waals surface area (Å²) in [6, 6.07) is 16.4. The van der Waals surface area contributed by atoms with Gasteiger partial charge in [0.2, 0.25) is 0 Å². The number of nitrogens with one attached hydrogen (secondary N) is 1. The highest BCUT2D eigenvalue weighted by atomic mass is 79.9. The number of carbonyl (C=O) groups excluding carboxylic acids is 1.